The van der Waals surface area contributed by atoms with E-state index in [1.807, 2.05) is 36.2 Å². The van der Waals surface area contributed by atoms with Crippen molar-refractivity contribution in [2.75, 3.05) is 18.5 Å². The standard InChI is InChI=1S/C15H16BrN3O/c1-11(20)7-8-19(2)15-17-9-13(10-18-15)12-3-5-14(16)6-4-12/h3-6,9-10H,7-8H2,1-2H3. The van der Waals surface area contributed by atoms with Crippen molar-refractivity contribution < 1.29 is 4.79 Å². The predicted octanol–water partition coefficient (Wildman–Crippen LogP) is 3.32. The first kappa shape index (κ1) is 14.7. The predicted molar refractivity (Wildman–Crippen MR) is 83.7 cm³/mol. The molecule has 0 N–H and O–H groups in total. The summed E-state index contributed by atoms with van der Waals surface area (Å²) >= 11 is 3.41. The minimum Gasteiger partial charge on any atom is -0.343 e. The summed E-state index contributed by atoms with van der Waals surface area (Å²) in [7, 11) is 1.89. The number of carbonyl (C=O) groups excluding carboxylic acids is 1. The third-order valence-electron chi connectivity index (χ3n) is 2.96. The normalized spacial score (nSPS) is 10.3. The van der Waals surface area contributed by atoms with Gasteiger partial charge in [0.1, 0.15) is 5.78 Å². The van der Waals surface area contributed by atoms with Crippen LogP contribution in [-0.4, -0.2) is 29.3 Å². The highest BCUT2D eigenvalue weighted by molar-refractivity contribution is 9.10. The fraction of sp³-hybridized carbons (Fsp3) is 0.267. The van der Waals surface area contributed by atoms with E-state index in [9.17, 15) is 4.79 Å². The molecule has 0 aliphatic carbocycles. The quantitative estimate of drug-likeness (QED) is 0.842. The zero-order chi connectivity index (χ0) is 14.5. The van der Waals surface area contributed by atoms with E-state index in [0.29, 0.717) is 18.9 Å². The molecule has 2 aromatic rings. The van der Waals surface area contributed by atoms with Crippen LogP contribution in [0.3, 0.4) is 0 Å². The number of hydrogen-bond acceptors (Lipinski definition) is 4. The number of carbonyl (C=O) groups is 1. The van der Waals surface area contributed by atoms with Gasteiger partial charge in [0.05, 0.1) is 0 Å². The largest absolute Gasteiger partial charge is 0.343 e. The second-order valence-corrected chi connectivity index (χ2v) is 5.57. The second-order valence-electron chi connectivity index (χ2n) is 4.65. The molecule has 20 heavy (non-hydrogen) atoms. The maximum absolute atomic E-state index is 11.0. The lowest BCUT2D eigenvalue weighted by Gasteiger charge is -2.16. The molecule has 0 spiro atoms. The van der Waals surface area contributed by atoms with Crippen molar-refractivity contribution in [2.45, 2.75) is 13.3 Å². The van der Waals surface area contributed by atoms with E-state index in [1.54, 1.807) is 19.3 Å². The molecule has 4 nitrogen and oxygen atoms in total. The first-order valence-corrected chi connectivity index (χ1v) is 7.14. The fourth-order valence-corrected chi connectivity index (χ4v) is 2.00. The van der Waals surface area contributed by atoms with Crippen LogP contribution in [0.25, 0.3) is 11.1 Å². The number of Topliss-reactive ketones (excluding diaryl/α,β-unsaturated/α-hetero) is 1. The summed E-state index contributed by atoms with van der Waals surface area (Å²) in [6.07, 6.45) is 4.11. The number of rotatable bonds is 5. The highest BCUT2D eigenvalue weighted by Crippen LogP contribution is 2.21. The van der Waals surface area contributed by atoms with E-state index in [4.69, 9.17) is 0 Å². The molecule has 0 saturated heterocycles. The van der Waals surface area contributed by atoms with Crippen LogP contribution in [0.2, 0.25) is 0 Å². The van der Waals surface area contributed by atoms with Gasteiger partial charge in [-0.05, 0) is 24.6 Å². The fourth-order valence-electron chi connectivity index (χ4n) is 1.73. The van der Waals surface area contributed by atoms with E-state index < -0.39 is 0 Å². The molecule has 0 bridgehead atoms. The third-order valence-corrected chi connectivity index (χ3v) is 3.49. The second kappa shape index (κ2) is 6.61. The van der Waals surface area contributed by atoms with Gasteiger partial charge in [-0.25, -0.2) is 9.97 Å². The molecule has 5 heteroatoms. The van der Waals surface area contributed by atoms with Crippen molar-refractivity contribution in [1.82, 2.24) is 9.97 Å². The van der Waals surface area contributed by atoms with Crippen LogP contribution in [0.5, 0.6) is 0 Å². The van der Waals surface area contributed by atoms with Gasteiger partial charge in [0.2, 0.25) is 5.95 Å². The smallest absolute Gasteiger partial charge is 0.225 e. The van der Waals surface area contributed by atoms with Crippen LogP contribution in [0, 0.1) is 0 Å². The Kier molecular flexibility index (Phi) is 4.84. The third kappa shape index (κ3) is 3.87. The Balaban J connectivity index is 2.09. The van der Waals surface area contributed by atoms with Crippen molar-refractivity contribution in [3.05, 3.63) is 41.1 Å². The summed E-state index contributed by atoms with van der Waals surface area (Å²) < 4.78 is 1.04. The van der Waals surface area contributed by atoms with E-state index in [0.717, 1.165) is 15.6 Å². The molecule has 0 radical (unpaired) electrons. The van der Waals surface area contributed by atoms with Gasteiger partial charge in [-0.3, -0.25) is 4.79 Å². The number of anilines is 1. The molecule has 0 aliphatic heterocycles. The maximum atomic E-state index is 11.0. The molecule has 2 rings (SSSR count). The van der Waals surface area contributed by atoms with Crippen LogP contribution in [0.1, 0.15) is 13.3 Å². The van der Waals surface area contributed by atoms with E-state index in [2.05, 4.69) is 25.9 Å². The molecule has 1 aromatic carbocycles. The summed E-state index contributed by atoms with van der Waals surface area (Å²) in [6.45, 7) is 2.22. The van der Waals surface area contributed by atoms with Crippen molar-refractivity contribution >= 4 is 27.7 Å². The molecule has 1 aromatic heterocycles. The Morgan fingerprint density at radius 2 is 1.75 bits per heavy atom. The van der Waals surface area contributed by atoms with Gasteiger partial charge in [0, 0.05) is 42.4 Å². The van der Waals surface area contributed by atoms with Gasteiger partial charge in [-0.2, -0.15) is 0 Å². The van der Waals surface area contributed by atoms with Gasteiger partial charge in [-0.15, -0.1) is 0 Å². The molecule has 0 fully saturated rings. The molecule has 104 valence electrons. The lowest BCUT2D eigenvalue weighted by molar-refractivity contribution is -0.116. The summed E-state index contributed by atoms with van der Waals surface area (Å²) in [5.74, 6) is 0.801. The van der Waals surface area contributed by atoms with Gasteiger partial charge >= 0.3 is 0 Å². The van der Waals surface area contributed by atoms with Gasteiger partial charge in [0.15, 0.2) is 0 Å². The monoisotopic (exact) mass is 333 g/mol. The number of halogens is 1. The number of hydrogen-bond donors (Lipinski definition) is 0. The van der Waals surface area contributed by atoms with Gasteiger partial charge in [0.25, 0.3) is 0 Å². The van der Waals surface area contributed by atoms with Crippen molar-refractivity contribution in [1.29, 1.82) is 0 Å². The average Bonchev–Trinajstić information content (AvgIpc) is 2.46. The van der Waals surface area contributed by atoms with Crippen molar-refractivity contribution in [3.8, 4) is 11.1 Å². The van der Waals surface area contributed by atoms with Gasteiger partial charge < -0.3 is 4.90 Å². The Morgan fingerprint density at radius 1 is 1.15 bits per heavy atom. The first-order valence-electron chi connectivity index (χ1n) is 6.35. The molecule has 0 aliphatic rings. The van der Waals surface area contributed by atoms with E-state index in [1.165, 1.54) is 0 Å². The highest BCUT2D eigenvalue weighted by atomic mass is 79.9. The molecule has 0 unspecified atom stereocenters. The lowest BCUT2D eigenvalue weighted by Crippen LogP contribution is -2.22. The van der Waals surface area contributed by atoms with Crippen LogP contribution in [0.4, 0.5) is 5.95 Å². The summed E-state index contributed by atoms with van der Waals surface area (Å²) in [5.41, 5.74) is 2.05. The first-order chi connectivity index (χ1) is 9.56. The summed E-state index contributed by atoms with van der Waals surface area (Å²) in [6, 6.07) is 8.01. The van der Waals surface area contributed by atoms with Crippen molar-refractivity contribution in [3.63, 3.8) is 0 Å². The Bertz CT molecular complexity index is 581. The summed E-state index contributed by atoms with van der Waals surface area (Å²) in [4.78, 5) is 21.6. The van der Waals surface area contributed by atoms with Crippen LogP contribution >= 0.6 is 15.9 Å². The SMILES string of the molecule is CC(=O)CCN(C)c1ncc(-c2ccc(Br)cc2)cn1. The maximum Gasteiger partial charge on any atom is 0.225 e. The topological polar surface area (TPSA) is 46.1 Å². The number of aromatic nitrogens is 2. The zero-order valence-electron chi connectivity index (χ0n) is 11.5. The van der Waals surface area contributed by atoms with Gasteiger partial charge in [-0.1, -0.05) is 28.1 Å². The minimum absolute atomic E-state index is 0.170. The average molecular weight is 334 g/mol. The number of ketones is 1. The van der Waals surface area contributed by atoms with E-state index >= 15 is 0 Å². The lowest BCUT2D eigenvalue weighted by atomic mass is 10.1. The highest BCUT2D eigenvalue weighted by Gasteiger charge is 2.06. The Hall–Kier alpha value is -1.75. The Labute approximate surface area is 127 Å². The van der Waals surface area contributed by atoms with Crippen LogP contribution in [-0.2, 0) is 4.79 Å². The molecule has 1 heterocycles. The molecule has 0 amide bonds. The molecule has 0 saturated carbocycles. The number of benzene rings is 1. The van der Waals surface area contributed by atoms with Crippen LogP contribution < -0.4 is 4.90 Å². The Morgan fingerprint density at radius 3 is 2.30 bits per heavy atom. The molecular formula is C15H16BrN3O. The van der Waals surface area contributed by atoms with Crippen molar-refractivity contribution in [2.24, 2.45) is 0 Å². The molecular weight excluding hydrogens is 318 g/mol. The minimum atomic E-state index is 0.170. The molecule has 0 atom stereocenters. The van der Waals surface area contributed by atoms with Crippen LogP contribution in [0.15, 0.2) is 41.1 Å². The number of nitrogens with zero attached hydrogens (tertiary/aromatic N) is 3. The zero-order valence-corrected chi connectivity index (χ0v) is 13.1. The summed E-state index contributed by atoms with van der Waals surface area (Å²) in [5, 5.41) is 0. The van der Waals surface area contributed by atoms with E-state index in [-0.39, 0.29) is 5.78 Å².